The van der Waals surface area contributed by atoms with E-state index in [9.17, 15) is 0 Å². The molecular weight excluding hydrogens is 359 g/mol. The minimum atomic E-state index is 0.528. The Hall–Kier alpha value is 0.100. The normalized spacial score (nSPS) is 23.6. The second kappa shape index (κ2) is 6.51. The average Bonchev–Trinajstić information content (AvgIpc) is 2.83. The van der Waals surface area contributed by atoms with Crippen molar-refractivity contribution in [2.24, 2.45) is 5.92 Å². The molecule has 2 rings (SSSR count). The third-order valence-corrected chi connectivity index (χ3v) is 5.59. The Kier molecular flexibility index (Phi) is 5.24. The molecule has 0 saturated heterocycles. The number of aryl methyl sites for hydroxylation is 1. The molecule has 1 aliphatic rings. The van der Waals surface area contributed by atoms with Crippen molar-refractivity contribution in [3.63, 3.8) is 0 Å². The molecule has 0 N–H and O–H groups in total. The molecule has 0 radical (unpaired) electrons. The van der Waals surface area contributed by atoms with E-state index >= 15 is 0 Å². The molecule has 0 aromatic carbocycles. The van der Waals surface area contributed by atoms with E-state index < -0.39 is 0 Å². The van der Waals surface area contributed by atoms with Crippen molar-refractivity contribution in [1.82, 2.24) is 9.97 Å². The van der Waals surface area contributed by atoms with Gasteiger partial charge in [-0.3, -0.25) is 0 Å². The van der Waals surface area contributed by atoms with E-state index in [1.54, 1.807) is 0 Å². The van der Waals surface area contributed by atoms with Crippen molar-refractivity contribution in [1.29, 1.82) is 0 Å². The van der Waals surface area contributed by atoms with E-state index in [0.29, 0.717) is 11.1 Å². The Labute approximate surface area is 128 Å². The van der Waals surface area contributed by atoms with E-state index in [1.165, 1.54) is 25.7 Å². The summed E-state index contributed by atoms with van der Waals surface area (Å²) in [5, 5.41) is 0.643. The SMILES string of the molecule is CCCc1nc(C2CCC(CC)C2)nc(Cl)c1I. The monoisotopic (exact) mass is 378 g/mol. The van der Waals surface area contributed by atoms with E-state index in [-0.39, 0.29) is 0 Å². The molecule has 0 spiro atoms. The van der Waals surface area contributed by atoms with Crippen LogP contribution in [0, 0.1) is 9.49 Å². The Balaban J connectivity index is 2.23. The van der Waals surface area contributed by atoms with Crippen LogP contribution in [0.3, 0.4) is 0 Å². The number of hydrogen-bond donors (Lipinski definition) is 0. The number of aromatic nitrogens is 2. The maximum atomic E-state index is 6.24. The summed E-state index contributed by atoms with van der Waals surface area (Å²) in [5.41, 5.74) is 1.13. The predicted octanol–water partition coefficient (Wildman–Crippen LogP) is 4.98. The molecule has 1 heterocycles. The van der Waals surface area contributed by atoms with E-state index in [0.717, 1.165) is 33.8 Å². The predicted molar refractivity (Wildman–Crippen MR) is 84.1 cm³/mol. The number of nitrogens with zero attached hydrogens (tertiary/aromatic N) is 2. The van der Waals surface area contributed by atoms with Crippen LogP contribution >= 0.6 is 34.2 Å². The van der Waals surface area contributed by atoms with Gasteiger partial charge in [-0.2, -0.15) is 0 Å². The summed E-state index contributed by atoms with van der Waals surface area (Å²) in [7, 11) is 0. The third-order valence-electron chi connectivity index (χ3n) is 3.87. The molecule has 100 valence electrons. The molecule has 1 aromatic rings. The van der Waals surface area contributed by atoms with Crippen LogP contribution in [0.5, 0.6) is 0 Å². The summed E-state index contributed by atoms with van der Waals surface area (Å²) >= 11 is 8.51. The third kappa shape index (κ3) is 3.16. The van der Waals surface area contributed by atoms with Gasteiger partial charge in [-0.15, -0.1) is 0 Å². The second-order valence-electron chi connectivity index (χ2n) is 5.17. The topological polar surface area (TPSA) is 25.8 Å². The fourth-order valence-electron chi connectivity index (χ4n) is 2.75. The van der Waals surface area contributed by atoms with Crippen molar-refractivity contribution in [3.8, 4) is 0 Å². The first kappa shape index (κ1) is 14.5. The maximum Gasteiger partial charge on any atom is 0.146 e. The molecule has 0 amide bonds. The van der Waals surface area contributed by atoms with Gasteiger partial charge < -0.3 is 0 Å². The highest BCUT2D eigenvalue weighted by Crippen LogP contribution is 2.39. The van der Waals surface area contributed by atoms with Crippen LogP contribution in [0.4, 0.5) is 0 Å². The fourth-order valence-corrected chi connectivity index (χ4v) is 3.45. The highest BCUT2D eigenvalue weighted by atomic mass is 127. The van der Waals surface area contributed by atoms with Crippen LogP contribution in [-0.4, -0.2) is 9.97 Å². The first-order valence-corrected chi connectivity index (χ1v) is 8.33. The lowest BCUT2D eigenvalue weighted by Gasteiger charge is -2.12. The summed E-state index contributed by atoms with van der Waals surface area (Å²) < 4.78 is 1.03. The first-order valence-electron chi connectivity index (χ1n) is 6.87. The molecule has 2 unspecified atom stereocenters. The molecule has 2 nitrogen and oxygen atoms in total. The lowest BCUT2D eigenvalue weighted by Crippen LogP contribution is -2.07. The number of halogens is 2. The summed E-state index contributed by atoms with van der Waals surface area (Å²) in [4.78, 5) is 9.28. The van der Waals surface area contributed by atoms with Gasteiger partial charge in [0.25, 0.3) is 0 Å². The fraction of sp³-hybridized carbons (Fsp3) is 0.714. The molecule has 1 saturated carbocycles. The van der Waals surface area contributed by atoms with Crippen LogP contribution in [0.2, 0.25) is 5.15 Å². The van der Waals surface area contributed by atoms with Gasteiger partial charge in [0.2, 0.25) is 0 Å². The van der Waals surface area contributed by atoms with Crippen molar-refractivity contribution in [2.45, 2.75) is 58.3 Å². The van der Waals surface area contributed by atoms with Crippen molar-refractivity contribution < 1.29 is 0 Å². The van der Waals surface area contributed by atoms with E-state index in [4.69, 9.17) is 16.6 Å². The lowest BCUT2D eigenvalue weighted by molar-refractivity contribution is 0.516. The molecule has 2 atom stereocenters. The Morgan fingerprint density at radius 1 is 1.28 bits per heavy atom. The summed E-state index contributed by atoms with van der Waals surface area (Å²) in [6.45, 7) is 4.45. The Morgan fingerprint density at radius 3 is 2.67 bits per heavy atom. The van der Waals surface area contributed by atoms with Gasteiger partial charge in [-0.1, -0.05) is 38.3 Å². The quantitative estimate of drug-likeness (QED) is 0.545. The van der Waals surface area contributed by atoms with Crippen molar-refractivity contribution >= 4 is 34.2 Å². The van der Waals surface area contributed by atoms with Gasteiger partial charge in [0, 0.05) is 5.92 Å². The number of hydrogen-bond acceptors (Lipinski definition) is 2. The maximum absolute atomic E-state index is 6.24. The molecule has 0 aliphatic heterocycles. The van der Waals surface area contributed by atoms with Gasteiger partial charge >= 0.3 is 0 Å². The Bertz CT molecular complexity index is 423. The van der Waals surface area contributed by atoms with E-state index in [1.807, 2.05) is 0 Å². The molecule has 1 aromatic heterocycles. The lowest BCUT2D eigenvalue weighted by atomic mass is 10.0. The minimum Gasteiger partial charge on any atom is -0.236 e. The van der Waals surface area contributed by atoms with Gasteiger partial charge in [-0.25, -0.2) is 9.97 Å². The van der Waals surface area contributed by atoms with Gasteiger partial charge in [0.05, 0.1) is 9.26 Å². The van der Waals surface area contributed by atoms with Crippen LogP contribution in [0.1, 0.15) is 63.4 Å². The van der Waals surface area contributed by atoms with E-state index in [2.05, 4.69) is 41.4 Å². The number of rotatable bonds is 4. The van der Waals surface area contributed by atoms with Gasteiger partial charge in [0.15, 0.2) is 0 Å². The smallest absolute Gasteiger partial charge is 0.146 e. The molecule has 0 bridgehead atoms. The molecule has 1 aliphatic carbocycles. The molecule has 18 heavy (non-hydrogen) atoms. The molecule has 1 fully saturated rings. The minimum absolute atomic E-state index is 0.528. The summed E-state index contributed by atoms with van der Waals surface area (Å²) in [6, 6.07) is 0. The van der Waals surface area contributed by atoms with Crippen molar-refractivity contribution in [2.75, 3.05) is 0 Å². The molecule has 4 heteroatoms. The highest BCUT2D eigenvalue weighted by molar-refractivity contribution is 14.1. The van der Waals surface area contributed by atoms with Crippen LogP contribution in [0.25, 0.3) is 0 Å². The van der Waals surface area contributed by atoms with Crippen LogP contribution in [0.15, 0.2) is 0 Å². The average molecular weight is 379 g/mol. The zero-order valence-electron chi connectivity index (χ0n) is 11.0. The first-order chi connectivity index (χ1) is 8.65. The largest absolute Gasteiger partial charge is 0.236 e. The highest BCUT2D eigenvalue weighted by Gasteiger charge is 2.27. The zero-order valence-corrected chi connectivity index (χ0v) is 14.0. The summed E-state index contributed by atoms with van der Waals surface area (Å²) in [6.07, 6.45) is 7.15. The van der Waals surface area contributed by atoms with Crippen LogP contribution < -0.4 is 0 Å². The molecular formula is C14H20ClIN2. The summed E-state index contributed by atoms with van der Waals surface area (Å²) in [5.74, 6) is 2.37. The van der Waals surface area contributed by atoms with Crippen LogP contribution in [-0.2, 0) is 6.42 Å². The zero-order chi connectivity index (χ0) is 13.1. The second-order valence-corrected chi connectivity index (χ2v) is 6.60. The van der Waals surface area contributed by atoms with Gasteiger partial charge in [-0.05, 0) is 54.2 Å². The van der Waals surface area contributed by atoms with Gasteiger partial charge in [0.1, 0.15) is 11.0 Å². The Morgan fingerprint density at radius 2 is 2.06 bits per heavy atom. The van der Waals surface area contributed by atoms with Crippen molar-refractivity contribution in [3.05, 3.63) is 20.2 Å². The standard InChI is InChI=1S/C14H20ClIN2/c1-3-5-11-12(16)13(15)18-14(17-11)10-7-6-9(4-2)8-10/h9-10H,3-8H2,1-2H3.